The summed E-state index contributed by atoms with van der Waals surface area (Å²) in [6.45, 7) is 3.71. The number of amides is 1. The third-order valence-corrected chi connectivity index (χ3v) is 4.84. The lowest BCUT2D eigenvalue weighted by Crippen LogP contribution is -2.46. The van der Waals surface area contributed by atoms with Crippen molar-refractivity contribution in [3.8, 4) is 0 Å². The Morgan fingerprint density at radius 1 is 0.857 bits per heavy atom. The summed E-state index contributed by atoms with van der Waals surface area (Å²) >= 11 is 0. The molecule has 3 aromatic rings. The van der Waals surface area contributed by atoms with Gasteiger partial charge in [0.2, 0.25) is 0 Å². The molecule has 0 aliphatic carbocycles. The van der Waals surface area contributed by atoms with Gasteiger partial charge in [0.05, 0.1) is 11.9 Å². The van der Waals surface area contributed by atoms with Gasteiger partial charge in [-0.05, 0) is 42.5 Å². The van der Waals surface area contributed by atoms with Crippen LogP contribution in [0.2, 0.25) is 0 Å². The van der Waals surface area contributed by atoms with Gasteiger partial charge in [0.25, 0.3) is 5.91 Å². The molecule has 1 N–H and O–H groups in total. The fourth-order valence-corrected chi connectivity index (χ4v) is 3.33. The molecule has 2 aromatic carbocycles. The van der Waals surface area contributed by atoms with E-state index in [-0.39, 0.29) is 11.5 Å². The number of nitrogens with zero attached hydrogens (tertiary/aromatic N) is 3. The number of carbonyl (C=O) groups excluding carboxylic acids is 1. The molecule has 1 aromatic heterocycles. The number of benzene rings is 2. The van der Waals surface area contributed by atoms with Crippen LogP contribution in [0, 0.1) is 5.82 Å². The molecular weight excluding hydrogens is 355 g/mol. The van der Waals surface area contributed by atoms with Gasteiger partial charge in [-0.3, -0.25) is 4.79 Å². The number of piperazine rings is 1. The molecular formula is C22H21FN4O. The third kappa shape index (κ3) is 4.11. The summed E-state index contributed by atoms with van der Waals surface area (Å²) in [7, 11) is 0. The van der Waals surface area contributed by atoms with Crippen LogP contribution in [0.1, 0.15) is 10.4 Å². The van der Waals surface area contributed by atoms with E-state index in [2.05, 4.69) is 44.4 Å². The maximum Gasteiger partial charge on any atom is 0.256 e. The molecule has 6 heteroatoms. The second kappa shape index (κ2) is 8.08. The summed E-state index contributed by atoms with van der Waals surface area (Å²) in [6, 6.07) is 19.7. The zero-order valence-electron chi connectivity index (χ0n) is 15.4. The van der Waals surface area contributed by atoms with Gasteiger partial charge in [-0.25, -0.2) is 9.37 Å². The molecule has 142 valence electrons. The monoisotopic (exact) mass is 376 g/mol. The number of nitrogens with one attached hydrogen (secondary N) is 1. The summed E-state index contributed by atoms with van der Waals surface area (Å²) in [6.07, 6.45) is 1.76. The molecule has 0 unspecified atom stereocenters. The number of hydrogen-bond donors (Lipinski definition) is 1. The van der Waals surface area contributed by atoms with Crippen LogP contribution >= 0.6 is 0 Å². The van der Waals surface area contributed by atoms with Crippen LogP contribution < -0.4 is 15.1 Å². The standard InChI is InChI=1S/C22H21FN4O/c23-18-6-4-5-17(15-18)22(28)25-21-10-9-20(16-24-21)27-13-11-26(12-14-27)19-7-2-1-3-8-19/h1-10,15-16H,11-14H2,(H,24,25,28). The van der Waals surface area contributed by atoms with Crippen LogP contribution in [-0.4, -0.2) is 37.1 Å². The van der Waals surface area contributed by atoms with Crippen molar-refractivity contribution in [2.45, 2.75) is 0 Å². The van der Waals surface area contributed by atoms with Crippen molar-refractivity contribution in [1.82, 2.24) is 4.98 Å². The molecule has 2 heterocycles. The Bertz CT molecular complexity index is 938. The largest absolute Gasteiger partial charge is 0.368 e. The highest BCUT2D eigenvalue weighted by atomic mass is 19.1. The first-order valence-electron chi connectivity index (χ1n) is 9.27. The van der Waals surface area contributed by atoms with Gasteiger partial charge in [-0.2, -0.15) is 0 Å². The lowest BCUT2D eigenvalue weighted by molar-refractivity contribution is 0.102. The van der Waals surface area contributed by atoms with Crippen LogP contribution in [0.3, 0.4) is 0 Å². The SMILES string of the molecule is O=C(Nc1ccc(N2CCN(c3ccccc3)CC2)cn1)c1cccc(F)c1. The number of anilines is 3. The summed E-state index contributed by atoms with van der Waals surface area (Å²) in [5.74, 6) is -0.372. The number of para-hydroxylation sites is 1. The van der Waals surface area contributed by atoms with Gasteiger partial charge in [0, 0.05) is 37.4 Å². The van der Waals surface area contributed by atoms with E-state index in [4.69, 9.17) is 0 Å². The second-order valence-electron chi connectivity index (χ2n) is 6.68. The number of halogens is 1. The molecule has 28 heavy (non-hydrogen) atoms. The highest BCUT2D eigenvalue weighted by Crippen LogP contribution is 2.21. The molecule has 0 spiro atoms. The third-order valence-electron chi connectivity index (χ3n) is 4.84. The van der Waals surface area contributed by atoms with E-state index >= 15 is 0 Å². The van der Waals surface area contributed by atoms with Gasteiger partial charge in [0.15, 0.2) is 0 Å². The first-order valence-corrected chi connectivity index (χ1v) is 9.27. The van der Waals surface area contributed by atoms with Crippen LogP contribution in [-0.2, 0) is 0 Å². The Hall–Kier alpha value is -3.41. The van der Waals surface area contributed by atoms with E-state index in [9.17, 15) is 9.18 Å². The lowest BCUT2D eigenvalue weighted by atomic mass is 10.2. The summed E-state index contributed by atoms with van der Waals surface area (Å²) in [5.41, 5.74) is 2.54. The van der Waals surface area contributed by atoms with Crippen molar-refractivity contribution in [3.63, 3.8) is 0 Å². The molecule has 0 radical (unpaired) electrons. The molecule has 1 saturated heterocycles. The Morgan fingerprint density at radius 2 is 1.57 bits per heavy atom. The van der Waals surface area contributed by atoms with Gasteiger partial charge < -0.3 is 15.1 Å². The maximum atomic E-state index is 13.3. The molecule has 1 fully saturated rings. The van der Waals surface area contributed by atoms with Crippen molar-refractivity contribution in [2.24, 2.45) is 0 Å². The molecule has 0 bridgehead atoms. The minimum absolute atomic E-state index is 0.267. The zero-order chi connectivity index (χ0) is 19.3. The van der Waals surface area contributed by atoms with Gasteiger partial charge in [-0.15, -0.1) is 0 Å². The van der Waals surface area contributed by atoms with Crippen molar-refractivity contribution >= 4 is 23.1 Å². The van der Waals surface area contributed by atoms with Crippen LogP contribution in [0.25, 0.3) is 0 Å². The van der Waals surface area contributed by atoms with Crippen LogP contribution in [0.15, 0.2) is 72.9 Å². The van der Waals surface area contributed by atoms with Gasteiger partial charge >= 0.3 is 0 Å². The van der Waals surface area contributed by atoms with E-state index in [1.807, 2.05) is 12.1 Å². The van der Waals surface area contributed by atoms with E-state index in [1.165, 1.54) is 23.9 Å². The highest BCUT2D eigenvalue weighted by Gasteiger charge is 2.18. The van der Waals surface area contributed by atoms with Crippen molar-refractivity contribution < 1.29 is 9.18 Å². The number of carbonyl (C=O) groups is 1. The van der Waals surface area contributed by atoms with Gasteiger partial charge in [0.1, 0.15) is 11.6 Å². The minimum Gasteiger partial charge on any atom is -0.368 e. The van der Waals surface area contributed by atoms with E-state index < -0.39 is 5.82 Å². The predicted octanol–water partition coefficient (Wildman–Crippen LogP) is 3.80. The average Bonchev–Trinajstić information content (AvgIpc) is 2.75. The first-order chi connectivity index (χ1) is 13.7. The van der Waals surface area contributed by atoms with Crippen molar-refractivity contribution in [2.75, 3.05) is 41.3 Å². The molecule has 4 rings (SSSR count). The predicted molar refractivity (Wildman–Crippen MR) is 109 cm³/mol. The van der Waals surface area contributed by atoms with Gasteiger partial charge in [-0.1, -0.05) is 24.3 Å². The van der Waals surface area contributed by atoms with Crippen molar-refractivity contribution in [3.05, 3.63) is 84.3 Å². The average molecular weight is 376 g/mol. The number of aromatic nitrogens is 1. The Labute approximate surface area is 163 Å². The molecule has 5 nitrogen and oxygen atoms in total. The Balaban J connectivity index is 1.35. The smallest absolute Gasteiger partial charge is 0.256 e. The topological polar surface area (TPSA) is 48.5 Å². The fourth-order valence-electron chi connectivity index (χ4n) is 3.33. The van der Waals surface area contributed by atoms with E-state index in [0.717, 1.165) is 31.9 Å². The van der Waals surface area contributed by atoms with E-state index in [1.54, 1.807) is 18.3 Å². The minimum atomic E-state index is -0.439. The molecule has 0 saturated carbocycles. The zero-order valence-corrected chi connectivity index (χ0v) is 15.4. The molecule has 1 aliphatic heterocycles. The summed E-state index contributed by atoms with van der Waals surface area (Å²) < 4.78 is 13.3. The summed E-state index contributed by atoms with van der Waals surface area (Å²) in [4.78, 5) is 21.2. The molecule has 0 atom stereocenters. The van der Waals surface area contributed by atoms with Crippen LogP contribution in [0.5, 0.6) is 0 Å². The number of hydrogen-bond acceptors (Lipinski definition) is 4. The second-order valence-corrected chi connectivity index (χ2v) is 6.68. The maximum absolute atomic E-state index is 13.3. The first kappa shape index (κ1) is 18.0. The molecule has 1 aliphatic rings. The fraction of sp³-hybridized carbons (Fsp3) is 0.182. The Morgan fingerprint density at radius 3 is 2.21 bits per heavy atom. The normalized spacial score (nSPS) is 14.0. The number of pyridine rings is 1. The quantitative estimate of drug-likeness (QED) is 0.753. The van der Waals surface area contributed by atoms with Crippen molar-refractivity contribution in [1.29, 1.82) is 0 Å². The summed E-state index contributed by atoms with van der Waals surface area (Å²) in [5, 5.41) is 2.70. The Kier molecular flexibility index (Phi) is 5.19. The van der Waals surface area contributed by atoms with E-state index in [0.29, 0.717) is 5.82 Å². The lowest BCUT2D eigenvalue weighted by Gasteiger charge is -2.37. The number of rotatable bonds is 4. The van der Waals surface area contributed by atoms with Crippen LogP contribution in [0.4, 0.5) is 21.6 Å². The highest BCUT2D eigenvalue weighted by molar-refractivity contribution is 6.03. The molecule has 1 amide bonds.